The van der Waals surface area contributed by atoms with Gasteiger partial charge in [-0.3, -0.25) is 9.59 Å². The molecule has 0 bridgehead atoms. The molecular weight excluding hydrogens is 410 g/mol. The molecule has 0 aromatic heterocycles. The molecule has 1 amide bonds. The molecule has 0 aliphatic carbocycles. The smallest absolute Gasteiger partial charge is 0.305 e. The third-order valence-electron chi connectivity index (χ3n) is 2.77. The summed E-state index contributed by atoms with van der Waals surface area (Å²) in [5.41, 5.74) is 0.532. The predicted molar refractivity (Wildman–Crippen MR) is 92.5 cm³/mol. The molecule has 1 aliphatic rings. The number of ether oxygens (including phenoxy) is 1. The lowest BCUT2D eigenvalue weighted by molar-refractivity contribution is -0.138. The van der Waals surface area contributed by atoms with Gasteiger partial charge in [-0.15, -0.1) is 5.10 Å². The average Bonchev–Trinajstić information content (AvgIpc) is 2.82. The second kappa shape index (κ2) is 7.80. The van der Waals surface area contributed by atoms with Crippen molar-refractivity contribution >= 4 is 62.6 Å². The molecule has 23 heavy (non-hydrogen) atoms. The van der Waals surface area contributed by atoms with E-state index in [1.807, 2.05) is 0 Å². The summed E-state index contributed by atoms with van der Waals surface area (Å²) in [7, 11) is 1.50. The van der Waals surface area contributed by atoms with Crippen molar-refractivity contribution in [2.75, 3.05) is 7.11 Å². The Balaban J connectivity index is 2.15. The van der Waals surface area contributed by atoms with Crippen LogP contribution in [0.3, 0.4) is 0 Å². The minimum absolute atomic E-state index is 0.239. The van der Waals surface area contributed by atoms with Gasteiger partial charge in [0.25, 0.3) is 0 Å². The third kappa shape index (κ3) is 4.46. The molecule has 1 aromatic carbocycles. The van der Waals surface area contributed by atoms with Crippen molar-refractivity contribution in [2.45, 2.75) is 11.7 Å². The standard InChI is InChI=1S/C13H11BrClN3O4S/c1-22-11-6(8(15)3-2-7(11)14)5-16-18-13-17-12(21)9(23-13)4-10(19)20/h2-3,5,9H,4H2,1H3,(H,19,20)(H,17,18,21). The zero-order chi connectivity index (χ0) is 17.0. The van der Waals surface area contributed by atoms with Crippen LogP contribution in [-0.2, 0) is 9.59 Å². The van der Waals surface area contributed by atoms with Crippen molar-refractivity contribution in [1.82, 2.24) is 5.32 Å². The molecule has 2 N–H and O–H groups in total. The molecule has 1 fully saturated rings. The summed E-state index contributed by atoms with van der Waals surface area (Å²) in [5.74, 6) is -0.939. The van der Waals surface area contributed by atoms with E-state index in [0.29, 0.717) is 20.8 Å². The Bertz CT molecular complexity index is 711. The first-order valence-electron chi connectivity index (χ1n) is 6.24. The molecule has 1 saturated heterocycles. The fourth-order valence-corrected chi connectivity index (χ4v) is 3.38. The first-order chi connectivity index (χ1) is 10.9. The number of nitrogens with zero attached hydrogens (tertiary/aromatic N) is 2. The first-order valence-corrected chi connectivity index (χ1v) is 8.29. The van der Waals surface area contributed by atoms with E-state index in [1.165, 1.54) is 13.3 Å². The lowest BCUT2D eigenvalue weighted by Gasteiger charge is -2.07. The Morgan fingerprint density at radius 3 is 3.00 bits per heavy atom. The summed E-state index contributed by atoms with van der Waals surface area (Å²) in [4.78, 5) is 22.2. The molecule has 0 spiro atoms. The highest BCUT2D eigenvalue weighted by Crippen LogP contribution is 2.32. The van der Waals surface area contributed by atoms with Crippen molar-refractivity contribution in [3.63, 3.8) is 0 Å². The summed E-state index contributed by atoms with van der Waals surface area (Å²) < 4.78 is 5.96. The second-order valence-corrected chi connectivity index (χ2v) is 6.77. The average molecular weight is 421 g/mol. The van der Waals surface area contributed by atoms with Gasteiger partial charge < -0.3 is 15.2 Å². The minimum atomic E-state index is -1.05. The van der Waals surface area contributed by atoms with Gasteiger partial charge in [-0.1, -0.05) is 23.4 Å². The molecule has 7 nitrogen and oxygen atoms in total. The van der Waals surface area contributed by atoms with Crippen LogP contribution < -0.4 is 10.1 Å². The van der Waals surface area contributed by atoms with E-state index in [-0.39, 0.29) is 11.6 Å². The molecule has 1 aliphatic heterocycles. The van der Waals surface area contributed by atoms with Crippen molar-refractivity contribution in [1.29, 1.82) is 0 Å². The molecule has 1 aromatic rings. The van der Waals surface area contributed by atoms with Crippen LogP contribution in [-0.4, -0.2) is 40.7 Å². The lowest BCUT2D eigenvalue weighted by Crippen LogP contribution is -2.26. The number of carboxylic acid groups (broad SMARTS) is 1. The van der Waals surface area contributed by atoms with E-state index in [4.69, 9.17) is 21.4 Å². The van der Waals surface area contributed by atoms with Gasteiger partial charge in [-0.2, -0.15) is 5.10 Å². The molecule has 1 atom stereocenters. The highest BCUT2D eigenvalue weighted by Gasteiger charge is 2.32. The molecule has 2 rings (SSSR count). The van der Waals surface area contributed by atoms with Crippen LogP contribution in [0.25, 0.3) is 0 Å². The zero-order valence-corrected chi connectivity index (χ0v) is 14.9. The fraction of sp³-hybridized carbons (Fsp3) is 0.231. The van der Waals surface area contributed by atoms with Crippen LogP contribution in [0.5, 0.6) is 5.75 Å². The van der Waals surface area contributed by atoms with E-state index >= 15 is 0 Å². The molecule has 1 unspecified atom stereocenters. The lowest BCUT2D eigenvalue weighted by atomic mass is 10.2. The van der Waals surface area contributed by atoms with Crippen LogP contribution in [0.2, 0.25) is 5.02 Å². The number of methoxy groups -OCH3 is 1. The van der Waals surface area contributed by atoms with Gasteiger partial charge in [-0.05, 0) is 28.1 Å². The van der Waals surface area contributed by atoms with Gasteiger partial charge >= 0.3 is 5.97 Å². The van der Waals surface area contributed by atoms with Crippen LogP contribution in [0.4, 0.5) is 0 Å². The number of aliphatic carboxylic acids is 1. The first kappa shape index (κ1) is 17.8. The maximum absolute atomic E-state index is 11.6. The van der Waals surface area contributed by atoms with Crippen molar-refractivity contribution in [3.8, 4) is 5.75 Å². The maximum atomic E-state index is 11.6. The molecular formula is C13H11BrClN3O4S. The number of carbonyl (C=O) groups excluding carboxylic acids is 1. The van der Waals surface area contributed by atoms with E-state index < -0.39 is 17.1 Å². The summed E-state index contributed by atoms with van der Waals surface area (Å²) in [6.07, 6.45) is 1.13. The fourth-order valence-electron chi connectivity index (χ4n) is 1.76. The number of nitrogens with one attached hydrogen (secondary N) is 1. The Kier molecular flexibility index (Phi) is 6.03. The number of carboxylic acids is 1. The van der Waals surface area contributed by atoms with E-state index in [2.05, 4.69) is 31.4 Å². The molecule has 0 radical (unpaired) electrons. The van der Waals surface area contributed by atoms with E-state index in [1.54, 1.807) is 12.1 Å². The van der Waals surface area contributed by atoms with Crippen LogP contribution in [0.1, 0.15) is 12.0 Å². The number of amides is 1. The van der Waals surface area contributed by atoms with Gasteiger partial charge in [0, 0.05) is 0 Å². The number of rotatable bonds is 5. The second-order valence-electron chi connectivity index (χ2n) is 4.32. The summed E-state index contributed by atoms with van der Waals surface area (Å²) in [6.45, 7) is 0. The van der Waals surface area contributed by atoms with Gasteiger partial charge in [0.2, 0.25) is 5.91 Å². The minimum Gasteiger partial charge on any atom is -0.495 e. The number of carbonyl (C=O) groups is 2. The van der Waals surface area contributed by atoms with Crippen molar-refractivity contribution in [3.05, 3.63) is 27.2 Å². The maximum Gasteiger partial charge on any atom is 0.305 e. The molecule has 10 heteroatoms. The summed E-state index contributed by atoms with van der Waals surface area (Å²) >= 11 is 10.5. The van der Waals surface area contributed by atoms with E-state index in [0.717, 1.165) is 11.8 Å². The number of amidine groups is 1. The number of halogens is 2. The molecule has 0 saturated carbocycles. The Hall–Kier alpha value is -1.58. The number of thioether (sulfide) groups is 1. The number of hydrogen-bond acceptors (Lipinski definition) is 6. The quantitative estimate of drug-likeness (QED) is 0.563. The van der Waals surface area contributed by atoms with Gasteiger partial charge in [-0.25, -0.2) is 0 Å². The zero-order valence-electron chi connectivity index (χ0n) is 11.7. The Morgan fingerprint density at radius 1 is 1.61 bits per heavy atom. The van der Waals surface area contributed by atoms with E-state index in [9.17, 15) is 9.59 Å². The Labute approximate surface area is 149 Å². The van der Waals surface area contributed by atoms with Gasteiger partial charge in [0.1, 0.15) is 11.0 Å². The predicted octanol–water partition coefficient (Wildman–Crippen LogP) is 2.51. The third-order valence-corrected chi connectivity index (χ3v) is 4.80. The topological polar surface area (TPSA) is 100 Å². The monoisotopic (exact) mass is 419 g/mol. The number of benzene rings is 1. The molecule has 122 valence electrons. The van der Waals surface area contributed by atoms with Crippen molar-refractivity contribution < 1.29 is 19.4 Å². The summed E-state index contributed by atoms with van der Waals surface area (Å²) in [5, 5.41) is 18.9. The van der Waals surface area contributed by atoms with Crippen LogP contribution >= 0.6 is 39.3 Å². The normalized spacial score (nSPS) is 19.3. The van der Waals surface area contributed by atoms with Gasteiger partial charge in [0.05, 0.1) is 34.8 Å². The van der Waals surface area contributed by atoms with Crippen LogP contribution in [0.15, 0.2) is 26.8 Å². The summed E-state index contributed by atoms with van der Waals surface area (Å²) in [6, 6.07) is 3.42. The largest absolute Gasteiger partial charge is 0.495 e. The highest BCUT2D eigenvalue weighted by molar-refractivity contribution is 9.10. The van der Waals surface area contributed by atoms with Crippen LogP contribution in [0, 0.1) is 0 Å². The highest BCUT2D eigenvalue weighted by atomic mass is 79.9. The van der Waals surface area contributed by atoms with Crippen molar-refractivity contribution in [2.24, 2.45) is 10.2 Å². The molecule has 1 heterocycles. The van der Waals surface area contributed by atoms with Gasteiger partial charge in [0.15, 0.2) is 5.17 Å². The Morgan fingerprint density at radius 2 is 2.35 bits per heavy atom. The number of hydrogen-bond donors (Lipinski definition) is 2. The SMILES string of the molecule is COc1c(Br)ccc(Cl)c1C=NN=C1NC(=O)C(CC(=O)O)S1.